The van der Waals surface area contributed by atoms with E-state index in [0.29, 0.717) is 24.0 Å². The van der Waals surface area contributed by atoms with Gasteiger partial charge in [-0.3, -0.25) is 0 Å². The second-order valence-electron chi connectivity index (χ2n) is 7.24. The lowest BCUT2D eigenvalue weighted by molar-refractivity contribution is -0.159. The average Bonchev–Trinajstić information content (AvgIpc) is 3.18. The number of ether oxygens (including phenoxy) is 2. The largest absolute Gasteiger partial charge is 0.489 e. The van der Waals surface area contributed by atoms with Crippen LogP contribution in [0.2, 0.25) is 5.02 Å². The molecule has 0 aromatic heterocycles. The van der Waals surface area contributed by atoms with Gasteiger partial charge in [-0.25, -0.2) is 9.59 Å². The van der Waals surface area contributed by atoms with Gasteiger partial charge in [0.05, 0.1) is 18.2 Å². The van der Waals surface area contributed by atoms with Gasteiger partial charge in [0.15, 0.2) is 11.5 Å². The first kappa shape index (κ1) is 20.5. The van der Waals surface area contributed by atoms with Crippen LogP contribution in [0.1, 0.15) is 24.8 Å². The van der Waals surface area contributed by atoms with Crippen molar-refractivity contribution >= 4 is 23.5 Å². The Kier molecular flexibility index (Phi) is 6.80. The summed E-state index contributed by atoms with van der Waals surface area (Å²) in [4.78, 5) is 18.2. The van der Waals surface area contributed by atoms with Crippen molar-refractivity contribution in [3.05, 3.63) is 34.9 Å². The van der Waals surface area contributed by atoms with E-state index in [1.807, 2.05) is 6.07 Å². The summed E-state index contributed by atoms with van der Waals surface area (Å²) in [5.41, 5.74) is 1.16. The highest BCUT2D eigenvalue weighted by molar-refractivity contribution is 6.32. The van der Waals surface area contributed by atoms with Crippen molar-refractivity contribution in [1.29, 1.82) is 0 Å². The van der Waals surface area contributed by atoms with Gasteiger partial charge >= 0.3 is 11.9 Å². The van der Waals surface area contributed by atoms with Crippen molar-refractivity contribution in [1.82, 2.24) is 5.32 Å². The Morgan fingerprint density at radius 1 is 1.11 bits per heavy atom. The van der Waals surface area contributed by atoms with Crippen molar-refractivity contribution in [2.75, 3.05) is 19.8 Å². The SMILES string of the molecule is Clc1cc(CNCC2CC3C=CC2C3)cc2c1OCCCO2.O=C(O)C(=O)O. The monoisotopic (exact) mass is 409 g/mol. The molecule has 3 aliphatic rings. The van der Waals surface area contributed by atoms with Gasteiger partial charge in [-0.15, -0.1) is 0 Å². The highest BCUT2D eigenvalue weighted by Gasteiger charge is 2.34. The molecule has 28 heavy (non-hydrogen) atoms. The maximum atomic E-state index is 9.10. The van der Waals surface area contributed by atoms with Gasteiger partial charge in [0, 0.05) is 13.0 Å². The van der Waals surface area contributed by atoms with Crippen LogP contribution in [-0.4, -0.2) is 41.9 Å². The lowest BCUT2D eigenvalue weighted by Crippen LogP contribution is -2.25. The summed E-state index contributed by atoms with van der Waals surface area (Å²) in [5, 5.41) is 19.0. The summed E-state index contributed by atoms with van der Waals surface area (Å²) in [6.07, 6.45) is 8.41. The molecule has 0 amide bonds. The maximum absolute atomic E-state index is 9.10. The van der Waals surface area contributed by atoms with Crippen molar-refractivity contribution in [3.63, 3.8) is 0 Å². The van der Waals surface area contributed by atoms with Gasteiger partial charge in [0.1, 0.15) is 0 Å². The highest BCUT2D eigenvalue weighted by atomic mass is 35.5. The lowest BCUT2D eigenvalue weighted by atomic mass is 9.93. The normalized spacial score (nSPS) is 24.2. The zero-order valence-corrected chi connectivity index (χ0v) is 16.2. The predicted molar refractivity (Wildman–Crippen MR) is 103 cm³/mol. The Hall–Kier alpha value is -2.25. The molecule has 1 fully saturated rings. The molecule has 8 heteroatoms. The molecule has 0 radical (unpaired) electrons. The van der Waals surface area contributed by atoms with Crippen LogP contribution in [0.25, 0.3) is 0 Å². The fourth-order valence-corrected chi connectivity index (χ4v) is 4.21. The number of hydrogen-bond donors (Lipinski definition) is 3. The van der Waals surface area contributed by atoms with Gasteiger partial charge in [-0.1, -0.05) is 23.8 Å². The molecule has 1 saturated carbocycles. The van der Waals surface area contributed by atoms with Crippen molar-refractivity contribution in [3.8, 4) is 11.5 Å². The Morgan fingerprint density at radius 3 is 2.50 bits per heavy atom. The third-order valence-electron chi connectivity index (χ3n) is 5.20. The molecule has 1 heterocycles. The summed E-state index contributed by atoms with van der Waals surface area (Å²) >= 11 is 6.34. The quantitative estimate of drug-likeness (QED) is 0.518. The minimum absolute atomic E-state index is 0.652. The summed E-state index contributed by atoms with van der Waals surface area (Å²) in [5.74, 6) is 0.260. The molecule has 0 spiro atoms. The number of carboxylic acids is 2. The average molecular weight is 410 g/mol. The number of aliphatic carboxylic acids is 2. The Labute approximate surface area is 168 Å². The number of hydrogen-bond acceptors (Lipinski definition) is 5. The summed E-state index contributed by atoms with van der Waals surface area (Å²) in [6.45, 7) is 3.27. The molecule has 0 saturated heterocycles. The lowest BCUT2D eigenvalue weighted by Gasteiger charge is -2.19. The van der Waals surface area contributed by atoms with Gasteiger partial charge in [-0.05, 0) is 54.8 Å². The standard InChI is InChI=1S/C18H22ClNO2.C2H2O4/c19-16-8-13(9-17-18(16)22-5-1-4-21-17)10-20-11-15-7-12-2-3-14(15)6-12;3-1(4)2(5)6/h2-3,8-9,12,14-15,20H,1,4-7,10-11H2;(H,3,4)(H,5,6). The summed E-state index contributed by atoms with van der Waals surface area (Å²) in [7, 11) is 0. The Morgan fingerprint density at radius 2 is 1.86 bits per heavy atom. The molecular weight excluding hydrogens is 386 g/mol. The number of carbonyl (C=O) groups is 2. The van der Waals surface area contributed by atoms with Crippen LogP contribution < -0.4 is 14.8 Å². The second kappa shape index (κ2) is 9.30. The molecule has 2 aliphatic carbocycles. The number of carboxylic acid groups (broad SMARTS) is 2. The second-order valence-corrected chi connectivity index (χ2v) is 7.64. The van der Waals surface area contributed by atoms with Crippen LogP contribution in [0.4, 0.5) is 0 Å². The molecule has 1 aromatic carbocycles. The first-order valence-corrected chi connectivity index (χ1v) is 9.75. The fraction of sp³-hybridized carbons (Fsp3) is 0.500. The minimum Gasteiger partial charge on any atom is -0.489 e. The topological polar surface area (TPSA) is 105 Å². The van der Waals surface area contributed by atoms with Gasteiger partial charge in [0.25, 0.3) is 0 Å². The number of halogens is 1. The maximum Gasteiger partial charge on any atom is 0.414 e. The van der Waals surface area contributed by atoms with E-state index in [1.54, 1.807) is 0 Å². The van der Waals surface area contributed by atoms with E-state index in [1.165, 1.54) is 12.8 Å². The fourth-order valence-electron chi connectivity index (χ4n) is 3.92. The zero-order valence-electron chi connectivity index (χ0n) is 15.4. The van der Waals surface area contributed by atoms with Crippen LogP contribution in [0.15, 0.2) is 24.3 Å². The molecule has 3 atom stereocenters. The third-order valence-corrected chi connectivity index (χ3v) is 5.48. The molecular formula is C20H24ClNO6. The van der Waals surface area contributed by atoms with Gasteiger partial charge in [0.2, 0.25) is 0 Å². The summed E-state index contributed by atoms with van der Waals surface area (Å²) in [6, 6.07) is 4.04. The Balaban J connectivity index is 0.000000330. The first-order chi connectivity index (χ1) is 13.4. The van der Waals surface area contributed by atoms with E-state index in [2.05, 4.69) is 23.5 Å². The molecule has 3 N–H and O–H groups in total. The van der Waals surface area contributed by atoms with Crippen molar-refractivity contribution in [2.24, 2.45) is 17.8 Å². The van der Waals surface area contributed by atoms with Crippen LogP contribution in [-0.2, 0) is 16.1 Å². The van der Waals surface area contributed by atoms with Gasteiger partial charge in [-0.2, -0.15) is 0 Å². The van der Waals surface area contributed by atoms with E-state index in [-0.39, 0.29) is 0 Å². The number of benzene rings is 1. The van der Waals surface area contributed by atoms with E-state index >= 15 is 0 Å². The predicted octanol–water partition coefficient (Wildman–Crippen LogP) is 2.96. The summed E-state index contributed by atoms with van der Waals surface area (Å²) < 4.78 is 11.4. The molecule has 1 aliphatic heterocycles. The number of nitrogens with one attached hydrogen (secondary N) is 1. The molecule has 4 rings (SSSR count). The number of rotatable bonds is 4. The van der Waals surface area contributed by atoms with Crippen LogP contribution in [0.3, 0.4) is 0 Å². The minimum atomic E-state index is -1.82. The number of fused-ring (bicyclic) bond motifs is 3. The first-order valence-electron chi connectivity index (χ1n) is 9.37. The van der Waals surface area contributed by atoms with Crippen molar-refractivity contribution in [2.45, 2.75) is 25.8 Å². The molecule has 7 nitrogen and oxygen atoms in total. The zero-order chi connectivity index (χ0) is 20.1. The molecule has 152 valence electrons. The smallest absolute Gasteiger partial charge is 0.414 e. The van der Waals surface area contributed by atoms with Crippen LogP contribution in [0, 0.1) is 17.8 Å². The van der Waals surface area contributed by atoms with E-state index in [4.69, 9.17) is 40.9 Å². The highest BCUT2D eigenvalue weighted by Crippen LogP contribution is 2.43. The Bertz CT molecular complexity index is 753. The number of allylic oxidation sites excluding steroid dienone is 2. The van der Waals surface area contributed by atoms with Crippen LogP contribution in [0.5, 0.6) is 11.5 Å². The van der Waals surface area contributed by atoms with Crippen molar-refractivity contribution < 1.29 is 29.3 Å². The third kappa shape index (κ3) is 5.17. The molecule has 1 aromatic rings. The van der Waals surface area contributed by atoms with E-state index < -0.39 is 11.9 Å². The van der Waals surface area contributed by atoms with E-state index in [0.717, 1.165) is 48.6 Å². The van der Waals surface area contributed by atoms with E-state index in [9.17, 15) is 0 Å². The van der Waals surface area contributed by atoms with Crippen LogP contribution >= 0.6 is 11.6 Å². The molecule has 3 unspecified atom stereocenters. The van der Waals surface area contributed by atoms with Gasteiger partial charge < -0.3 is 25.0 Å². The molecule has 2 bridgehead atoms.